The van der Waals surface area contributed by atoms with Crippen LogP contribution in [0.2, 0.25) is 0 Å². The van der Waals surface area contributed by atoms with E-state index in [0.29, 0.717) is 12.0 Å². The molecule has 0 aromatic rings. The molecule has 0 bridgehead atoms. The molecule has 1 fully saturated rings. The Morgan fingerprint density at radius 3 is 3.08 bits per heavy atom. The fourth-order valence-corrected chi connectivity index (χ4v) is 1.86. The number of hydrogen-bond acceptors (Lipinski definition) is 1. The Morgan fingerprint density at radius 1 is 1.75 bits per heavy atom. The summed E-state index contributed by atoms with van der Waals surface area (Å²) in [6.07, 6.45) is 5.50. The number of carbonyl (C=O) groups excluding carboxylic acids is 1. The Labute approximate surface area is 74.0 Å². The number of amides is 1. The van der Waals surface area contributed by atoms with E-state index in [1.165, 1.54) is 24.8 Å². The van der Waals surface area contributed by atoms with Gasteiger partial charge in [-0.2, -0.15) is 0 Å². The summed E-state index contributed by atoms with van der Waals surface area (Å²) in [5.41, 5.74) is 1.34. The van der Waals surface area contributed by atoms with Crippen LogP contribution in [0.1, 0.15) is 32.6 Å². The standard InChI is InChI=1S/C10H17NO/c1-8-4-3-5-10(6-8)9(2)11-7-12/h7,9-10H,1,3-6H2,2H3,(H,11,12). The highest BCUT2D eigenvalue weighted by atomic mass is 16.1. The maximum atomic E-state index is 10.2. The van der Waals surface area contributed by atoms with Crippen molar-refractivity contribution in [3.8, 4) is 0 Å². The van der Waals surface area contributed by atoms with Crippen LogP contribution in [0.4, 0.5) is 0 Å². The molecule has 0 radical (unpaired) electrons. The summed E-state index contributed by atoms with van der Waals surface area (Å²) in [5.74, 6) is 0.608. The second-order valence-corrected chi connectivity index (χ2v) is 3.68. The van der Waals surface area contributed by atoms with E-state index < -0.39 is 0 Å². The molecule has 0 saturated heterocycles. The largest absolute Gasteiger partial charge is 0.356 e. The van der Waals surface area contributed by atoms with E-state index in [1.54, 1.807) is 0 Å². The van der Waals surface area contributed by atoms with Crippen molar-refractivity contribution in [3.63, 3.8) is 0 Å². The molecule has 68 valence electrons. The molecule has 2 atom stereocenters. The van der Waals surface area contributed by atoms with Gasteiger partial charge < -0.3 is 5.32 Å². The summed E-state index contributed by atoms with van der Waals surface area (Å²) < 4.78 is 0. The molecule has 1 aliphatic carbocycles. The summed E-state index contributed by atoms with van der Waals surface area (Å²) >= 11 is 0. The van der Waals surface area contributed by atoms with Crippen LogP contribution in [0.15, 0.2) is 12.2 Å². The van der Waals surface area contributed by atoms with Gasteiger partial charge in [0, 0.05) is 6.04 Å². The third-order valence-corrected chi connectivity index (χ3v) is 2.69. The van der Waals surface area contributed by atoms with Gasteiger partial charge in [0.1, 0.15) is 0 Å². The summed E-state index contributed by atoms with van der Waals surface area (Å²) in [6.45, 7) is 6.06. The molecule has 0 aromatic carbocycles. The molecule has 0 aromatic heterocycles. The molecule has 2 nitrogen and oxygen atoms in total. The van der Waals surface area contributed by atoms with Crippen molar-refractivity contribution in [2.75, 3.05) is 0 Å². The lowest BCUT2D eigenvalue weighted by Crippen LogP contribution is -2.33. The third kappa shape index (κ3) is 2.36. The van der Waals surface area contributed by atoms with Crippen LogP contribution >= 0.6 is 0 Å². The fraction of sp³-hybridized carbons (Fsp3) is 0.700. The molecule has 0 heterocycles. The average Bonchev–Trinajstić information content (AvgIpc) is 2.05. The first kappa shape index (κ1) is 9.30. The molecular formula is C10H17NO. The van der Waals surface area contributed by atoms with Crippen LogP contribution < -0.4 is 5.32 Å². The maximum absolute atomic E-state index is 10.2. The first-order valence-electron chi connectivity index (χ1n) is 4.60. The zero-order valence-electron chi connectivity index (χ0n) is 7.68. The molecule has 2 unspecified atom stereocenters. The Hall–Kier alpha value is -0.790. The van der Waals surface area contributed by atoms with E-state index >= 15 is 0 Å². The zero-order valence-corrected chi connectivity index (χ0v) is 7.68. The Balaban J connectivity index is 2.39. The molecule has 1 saturated carbocycles. The first-order valence-corrected chi connectivity index (χ1v) is 4.60. The fourth-order valence-electron chi connectivity index (χ4n) is 1.86. The Kier molecular flexibility index (Phi) is 3.32. The van der Waals surface area contributed by atoms with Gasteiger partial charge in [0.2, 0.25) is 6.41 Å². The Bertz CT molecular complexity index is 177. The lowest BCUT2D eigenvalue weighted by atomic mass is 9.82. The van der Waals surface area contributed by atoms with E-state index in [0.717, 1.165) is 12.8 Å². The Morgan fingerprint density at radius 2 is 2.50 bits per heavy atom. The zero-order chi connectivity index (χ0) is 8.97. The van der Waals surface area contributed by atoms with Gasteiger partial charge in [-0.05, 0) is 38.5 Å². The lowest BCUT2D eigenvalue weighted by Gasteiger charge is -2.28. The monoisotopic (exact) mass is 167 g/mol. The van der Waals surface area contributed by atoms with Crippen molar-refractivity contribution >= 4 is 6.41 Å². The van der Waals surface area contributed by atoms with Crippen LogP contribution in [0, 0.1) is 5.92 Å². The third-order valence-electron chi connectivity index (χ3n) is 2.69. The molecule has 0 aliphatic heterocycles. The molecular weight excluding hydrogens is 150 g/mol. The minimum atomic E-state index is 0.305. The molecule has 1 rings (SSSR count). The SMILES string of the molecule is C=C1CCCC(C(C)NC=O)C1. The van der Waals surface area contributed by atoms with Crippen LogP contribution in [0.5, 0.6) is 0 Å². The second kappa shape index (κ2) is 4.29. The highest BCUT2D eigenvalue weighted by Crippen LogP contribution is 2.29. The summed E-state index contributed by atoms with van der Waals surface area (Å²) in [7, 11) is 0. The molecule has 2 heteroatoms. The van der Waals surface area contributed by atoms with E-state index in [-0.39, 0.29) is 0 Å². The predicted octanol–water partition coefficient (Wildman–Crippen LogP) is 1.87. The average molecular weight is 167 g/mol. The molecule has 0 spiro atoms. The van der Waals surface area contributed by atoms with Gasteiger partial charge in [0.25, 0.3) is 0 Å². The summed E-state index contributed by atoms with van der Waals surface area (Å²) in [5, 5.41) is 2.81. The van der Waals surface area contributed by atoms with E-state index in [2.05, 4.69) is 18.8 Å². The van der Waals surface area contributed by atoms with Crippen LogP contribution in [-0.4, -0.2) is 12.5 Å². The maximum Gasteiger partial charge on any atom is 0.207 e. The minimum Gasteiger partial charge on any atom is -0.356 e. The van der Waals surface area contributed by atoms with Crippen molar-refractivity contribution < 1.29 is 4.79 Å². The van der Waals surface area contributed by atoms with Crippen molar-refractivity contribution in [1.82, 2.24) is 5.32 Å². The van der Waals surface area contributed by atoms with E-state index in [9.17, 15) is 4.79 Å². The van der Waals surface area contributed by atoms with Crippen LogP contribution in [-0.2, 0) is 4.79 Å². The number of rotatable bonds is 3. The molecule has 1 N–H and O–H groups in total. The van der Waals surface area contributed by atoms with Gasteiger partial charge in [-0.3, -0.25) is 4.79 Å². The number of allylic oxidation sites excluding steroid dienone is 1. The number of carbonyl (C=O) groups is 1. The van der Waals surface area contributed by atoms with Crippen LogP contribution in [0.25, 0.3) is 0 Å². The first-order chi connectivity index (χ1) is 5.74. The minimum absolute atomic E-state index is 0.305. The predicted molar refractivity (Wildman–Crippen MR) is 49.8 cm³/mol. The summed E-state index contributed by atoms with van der Waals surface area (Å²) in [6, 6.07) is 0.305. The number of hydrogen-bond donors (Lipinski definition) is 1. The second-order valence-electron chi connectivity index (χ2n) is 3.68. The lowest BCUT2D eigenvalue weighted by molar-refractivity contribution is -0.110. The van der Waals surface area contributed by atoms with Gasteiger partial charge in [-0.25, -0.2) is 0 Å². The van der Waals surface area contributed by atoms with E-state index in [4.69, 9.17) is 0 Å². The van der Waals surface area contributed by atoms with Gasteiger partial charge in [0.15, 0.2) is 0 Å². The van der Waals surface area contributed by atoms with Crippen molar-refractivity contribution in [2.45, 2.75) is 38.6 Å². The highest BCUT2D eigenvalue weighted by molar-refractivity contribution is 5.46. The van der Waals surface area contributed by atoms with Crippen molar-refractivity contribution in [2.24, 2.45) is 5.92 Å². The van der Waals surface area contributed by atoms with Gasteiger partial charge in [-0.15, -0.1) is 0 Å². The smallest absolute Gasteiger partial charge is 0.207 e. The quantitative estimate of drug-likeness (QED) is 0.504. The van der Waals surface area contributed by atoms with E-state index in [1.807, 2.05) is 0 Å². The summed E-state index contributed by atoms with van der Waals surface area (Å²) in [4.78, 5) is 10.2. The molecule has 1 amide bonds. The topological polar surface area (TPSA) is 29.1 Å². The highest BCUT2D eigenvalue weighted by Gasteiger charge is 2.20. The molecule has 12 heavy (non-hydrogen) atoms. The van der Waals surface area contributed by atoms with Crippen molar-refractivity contribution in [1.29, 1.82) is 0 Å². The molecule has 1 aliphatic rings. The van der Waals surface area contributed by atoms with Gasteiger partial charge >= 0.3 is 0 Å². The normalized spacial score (nSPS) is 26.4. The number of nitrogens with one attached hydrogen (secondary N) is 1. The van der Waals surface area contributed by atoms with Crippen molar-refractivity contribution in [3.05, 3.63) is 12.2 Å². The van der Waals surface area contributed by atoms with Gasteiger partial charge in [-0.1, -0.05) is 12.2 Å². The van der Waals surface area contributed by atoms with Crippen LogP contribution in [0.3, 0.4) is 0 Å². The van der Waals surface area contributed by atoms with Gasteiger partial charge in [0.05, 0.1) is 0 Å².